The van der Waals surface area contributed by atoms with E-state index in [4.69, 9.17) is 4.74 Å². The number of hydrogen-bond donors (Lipinski definition) is 4. The van der Waals surface area contributed by atoms with E-state index in [-0.39, 0.29) is 17.5 Å². The second-order valence-electron chi connectivity index (χ2n) is 6.29. The van der Waals surface area contributed by atoms with Gasteiger partial charge in [-0.3, -0.25) is 10.1 Å². The van der Waals surface area contributed by atoms with Gasteiger partial charge in [0.25, 0.3) is 0 Å². The lowest BCUT2D eigenvalue weighted by atomic mass is 9.99. The van der Waals surface area contributed by atoms with Crippen molar-refractivity contribution in [2.75, 3.05) is 7.11 Å². The van der Waals surface area contributed by atoms with Gasteiger partial charge in [0.05, 0.1) is 7.11 Å². The van der Waals surface area contributed by atoms with E-state index < -0.39 is 18.1 Å². The van der Waals surface area contributed by atoms with Crippen molar-refractivity contribution in [1.29, 1.82) is 0 Å². The van der Waals surface area contributed by atoms with Crippen molar-refractivity contribution in [3.63, 3.8) is 0 Å². The summed E-state index contributed by atoms with van der Waals surface area (Å²) in [7, 11) is 1.26. The number of ether oxygens (including phenoxy) is 1. The van der Waals surface area contributed by atoms with E-state index >= 15 is 0 Å². The zero-order chi connectivity index (χ0) is 19.1. The van der Waals surface area contributed by atoms with Gasteiger partial charge >= 0.3 is 5.97 Å². The molecule has 6 heteroatoms. The van der Waals surface area contributed by atoms with E-state index in [1.165, 1.54) is 30.9 Å². The molecule has 0 aliphatic heterocycles. The highest BCUT2D eigenvalue weighted by Crippen LogP contribution is 2.29. The molecule has 0 radical (unpaired) electrons. The average Bonchev–Trinajstić information content (AvgIpc) is 2.66. The number of nitrogens with one attached hydrogen (secondary N) is 1. The highest BCUT2D eigenvalue weighted by atomic mass is 16.5. The first-order valence-corrected chi connectivity index (χ1v) is 8.50. The molecule has 0 saturated heterocycles. The molecule has 6 nitrogen and oxygen atoms in total. The number of esters is 1. The Balaban J connectivity index is 2.06. The number of hydrogen-bond acceptors (Lipinski definition) is 6. The Bertz CT molecular complexity index is 719. The largest absolute Gasteiger partial charge is 0.504 e. The molecule has 26 heavy (non-hydrogen) atoms. The standard InChI is InChI=1S/C20H25NO5/c1-13(8-9-14-6-4-3-5-7-14)21-18(20(25)26-2)19(24)15-10-11-16(22)17(23)12-15/h3-7,10-13,18-19,21-24H,8-9H2,1-2H3/t13?,18-,19?/m0/s1. The van der Waals surface area contributed by atoms with E-state index in [1.807, 2.05) is 37.3 Å². The van der Waals surface area contributed by atoms with Crippen LogP contribution in [-0.4, -0.2) is 40.5 Å². The highest BCUT2D eigenvalue weighted by Gasteiger charge is 2.30. The molecule has 0 heterocycles. The third-order valence-electron chi connectivity index (χ3n) is 4.28. The summed E-state index contributed by atoms with van der Waals surface area (Å²) >= 11 is 0. The second kappa shape index (κ2) is 9.22. The maximum absolute atomic E-state index is 12.1. The molecule has 2 rings (SSSR count). The molecule has 2 aromatic carbocycles. The number of aromatic hydroxyl groups is 2. The zero-order valence-corrected chi connectivity index (χ0v) is 14.9. The number of aliphatic hydroxyl groups is 1. The van der Waals surface area contributed by atoms with Crippen molar-refractivity contribution >= 4 is 5.97 Å². The Labute approximate surface area is 153 Å². The Morgan fingerprint density at radius 3 is 2.42 bits per heavy atom. The van der Waals surface area contributed by atoms with Crippen molar-refractivity contribution in [2.24, 2.45) is 0 Å². The first kappa shape index (κ1) is 19.8. The maximum Gasteiger partial charge on any atom is 0.325 e. The van der Waals surface area contributed by atoms with Gasteiger partial charge in [0.1, 0.15) is 12.1 Å². The zero-order valence-electron chi connectivity index (χ0n) is 14.9. The van der Waals surface area contributed by atoms with Crippen LogP contribution >= 0.6 is 0 Å². The molecule has 0 amide bonds. The van der Waals surface area contributed by atoms with Gasteiger partial charge in [0.15, 0.2) is 11.5 Å². The molecule has 4 N–H and O–H groups in total. The number of carbonyl (C=O) groups excluding carboxylic acids is 1. The summed E-state index contributed by atoms with van der Waals surface area (Å²) in [6.07, 6.45) is 0.373. The lowest BCUT2D eigenvalue weighted by Gasteiger charge is -2.26. The molecule has 2 unspecified atom stereocenters. The van der Waals surface area contributed by atoms with Crippen LogP contribution in [0.15, 0.2) is 48.5 Å². The Kier molecular flexibility index (Phi) is 7.00. The van der Waals surface area contributed by atoms with E-state index in [0.717, 1.165) is 12.8 Å². The Morgan fingerprint density at radius 1 is 1.12 bits per heavy atom. The van der Waals surface area contributed by atoms with Crippen molar-refractivity contribution in [1.82, 2.24) is 5.32 Å². The van der Waals surface area contributed by atoms with Crippen LogP contribution < -0.4 is 5.32 Å². The maximum atomic E-state index is 12.1. The van der Waals surface area contributed by atoms with Crippen LogP contribution in [0.3, 0.4) is 0 Å². The topological polar surface area (TPSA) is 99.0 Å². The number of aryl methyl sites for hydroxylation is 1. The van der Waals surface area contributed by atoms with Crippen LogP contribution in [0, 0.1) is 0 Å². The van der Waals surface area contributed by atoms with E-state index in [1.54, 1.807) is 0 Å². The molecular weight excluding hydrogens is 334 g/mol. The SMILES string of the molecule is COC(=O)[C@@H](NC(C)CCc1ccccc1)C(O)c1ccc(O)c(O)c1. The fourth-order valence-corrected chi connectivity index (χ4v) is 2.75. The average molecular weight is 359 g/mol. The quantitative estimate of drug-likeness (QED) is 0.426. The van der Waals surface area contributed by atoms with Gasteiger partial charge in [0, 0.05) is 6.04 Å². The number of rotatable bonds is 8. The molecule has 0 aliphatic rings. The summed E-state index contributed by atoms with van der Waals surface area (Å²) in [5.74, 6) is -1.25. The van der Waals surface area contributed by atoms with Crippen molar-refractivity contribution in [2.45, 2.75) is 38.0 Å². The number of methoxy groups -OCH3 is 1. The number of aliphatic hydroxyl groups excluding tert-OH is 1. The van der Waals surface area contributed by atoms with E-state index in [0.29, 0.717) is 5.56 Å². The Morgan fingerprint density at radius 2 is 1.81 bits per heavy atom. The number of benzene rings is 2. The second-order valence-corrected chi connectivity index (χ2v) is 6.29. The van der Waals surface area contributed by atoms with Crippen molar-refractivity contribution < 1.29 is 24.9 Å². The minimum absolute atomic E-state index is 0.0559. The summed E-state index contributed by atoms with van der Waals surface area (Å²) in [5, 5.41) is 32.7. The minimum Gasteiger partial charge on any atom is -0.504 e. The molecule has 2 aromatic rings. The molecule has 0 aromatic heterocycles. The van der Waals surface area contributed by atoms with Gasteiger partial charge in [-0.1, -0.05) is 36.4 Å². The number of carbonyl (C=O) groups is 1. The monoisotopic (exact) mass is 359 g/mol. The van der Waals surface area contributed by atoms with Crippen LogP contribution in [0.2, 0.25) is 0 Å². The van der Waals surface area contributed by atoms with Gasteiger partial charge in [-0.2, -0.15) is 0 Å². The molecule has 3 atom stereocenters. The predicted octanol–water partition coefficient (Wildman–Crippen LogP) is 2.28. The lowest BCUT2D eigenvalue weighted by Crippen LogP contribution is -2.46. The minimum atomic E-state index is -1.23. The highest BCUT2D eigenvalue weighted by molar-refractivity contribution is 5.76. The van der Waals surface area contributed by atoms with Crippen LogP contribution in [0.1, 0.15) is 30.6 Å². The summed E-state index contributed by atoms with van der Waals surface area (Å²) in [6, 6.07) is 12.9. The molecular formula is C20H25NO5. The molecule has 0 bridgehead atoms. The lowest BCUT2D eigenvalue weighted by molar-refractivity contribution is -0.146. The fraction of sp³-hybridized carbons (Fsp3) is 0.350. The van der Waals surface area contributed by atoms with E-state index in [2.05, 4.69) is 5.32 Å². The summed E-state index contributed by atoms with van der Waals surface area (Å²) in [6.45, 7) is 1.93. The van der Waals surface area contributed by atoms with Gasteiger partial charge in [0.2, 0.25) is 0 Å². The Hall–Kier alpha value is -2.57. The van der Waals surface area contributed by atoms with Gasteiger partial charge in [-0.05, 0) is 43.0 Å². The van der Waals surface area contributed by atoms with E-state index in [9.17, 15) is 20.1 Å². The third kappa shape index (κ3) is 5.21. The van der Waals surface area contributed by atoms with Crippen LogP contribution in [0.5, 0.6) is 11.5 Å². The smallest absolute Gasteiger partial charge is 0.325 e. The van der Waals surface area contributed by atoms with Gasteiger partial charge in [-0.15, -0.1) is 0 Å². The fourth-order valence-electron chi connectivity index (χ4n) is 2.75. The third-order valence-corrected chi connectivity index (χ3v) is 4.28. The molecule has 0 fully saturated rings. The first-order valence-electron chi connectivity index (χ1n) is 8.50. The summed E-state index contributed by atoms with van der Waals surface area (Å²) < 4.78 is 4.80. The molecule has 0 spiro atoms. The van der Waals surface area contributed by atoms with Gasteiger partial charge < -0.3 is 20.1 Å². The van der Waals surface area contributed by atoms with Crippen LogP contribution in [0.4, 0.5) is 0 Å². The molecule has 0 aliphatic carbocycles. The van der Waals surface area contributed by atoms with Gasteiger partial charge in [-0.25, -0.2) is 0 Å². The summed E-state index contributed by atoms with van der Waals surface area (Å²) in [5.41, 5.74) is 1.50. The molecule has 0 saturated carbocycles. The number of phenolic OH excluding ortho intramolecular Hbond substituents is 2. The number of phenols is 2. The van der Waals surface area contributed by atoms with Crippen LogP contribution in [-0.2, 0) is 16.0 Å². The normalized spacial score (nSPS) is 14.4. The predicted molar refractivity (Wildman–Crippen MR) is 97.9 cm³/mol. The first-order chi connectivity index (χ1) is 12.4. The van der Waals surface area contributed by atoms with Crippen LogP contribution in [0.25, 0.3) is 0 Å². The molecule has 140 valence electrons. The van der Waals surface area contributed by atoms with Crippen molar-refractivity contribution in [3.8, 4) is 11.5 Å². The summed E-state index contributed by atoms with van der Waals surface area (Å²) in [4.78, 5) is 12.1. The van der Waals surface area contributed by atoms with Crippen molar-refractivity contribution in [3.05, 3.63) is 59.7 Å².